The number of sulfonamides is 1. The van der Waals surface area contributed by atoms with Gasteiger partial charge in [0, 0.05) is 37.3 Å². The molecule has 4 saturated heterocycles. The van der Waals surface area contributed by atoms with Gasteiger partial charge in [-0.2, -0.15) is 0 Å². The number of carbonyl (C=O) groups is 7. The normalized spacial score (nSPS) is 27.3. The van der Waals surface area contributed by atoms with Crippen LogP contribution < -0.4 is 36.6 Å². The van der Waals surface area contributed by atoms with Gasteiger partial charge in [0.1, 0.15) is 23.9 Å². The number of ether oxygens (including phenoxy) is 1. The average molecular weight is 879 g/mol. The molecule has 0 aromatic heterocycles. The molecule has 1 aliphatic carbocycles. The zero-order valence-corrected chi connectivity index (χ0v) is 35.3. The van der Waals surface area contributed by atoms with Crippen molar-refractivity contribution in [3.8, 4) is 5.75 Å². The van der Waals surface area contributed by atoms with Crippen LogP contribution in [0, 0.1) is 11.3 Å². The maximum Gasteiger partial charge on any atom is 0.262 e. The molecule has 326 valence electrons. The number of benzene rings is 2. The second-order valence-electron chi connectivity index (χ2n) is 16.6. The fourth-order valence-corrected chi connectivity index (χ4v) is 11.1. The molecule has 2 aromatic carbocycles. The number of fused-ring (bicyclic) bond motifs is 1. The molecule has 0 spiro atoms. The van der Waals surface area contributed by atoms with Crippen LogP contribution in [0.2, 0.25) is 0 Å². The predicted molar refractivity (Wildman–Crippen MR) is 221 cm³/mol. The van der Waals surface area contributed by atoms with Crippen molar-refractivity contribution in [1.29, 1.82) is 0 Å². The first-order valence-electron chi connectivity index (χ1n) is 20.7. The summed E-state index contributed by atoms with van der Waals surface area (Å²) in [6.07, 6.45) is 4.92. The largest absolute Gasteiger partial charge is 0.492 e. The highest BCUT2D eigenvalue weighted by molar-refractivity contribution is 8.00. The molecule has 1 saturated carbocycles. The van der Waals surface area contributed by atoms with Crippen LogP contribution >= 0.6 is 11.8 Å². The minimum atomic E-state index is -3.36. The van der Waals surface area contributed by atoms with Crippen molar-refractivity contribution >= 4 is 63.1 Å². The molecule has 61 heavy (non-hydrogen) atoms. The number of hydrogen-bond acceptors (Lipinski definition) is 13. The molecule has 18 nitrogen and oxygen atoms in total. The smallest absolute Gasteiger partial charge is 0.262 e. The van der Waals surface area contributed by atoms with Crippen molar-refractivity contribution in [2.75, 3.05) is 51.3 Å². The second kappa shape index (κ2) is 17.5. The molecular weight excluding hydrogens is 829 g/mol. The fourth-order valence-electron chi connectivity index (χ4n) is 9.09. The Morgan fingerprint density at radius 1 is 0.967 bits per heavy atom. The van der Waals surface area contributed by atoms with Crippen LogP contribution in [-0.4, -0.2) is 128 Å². The van der Waals surface area contributed by atoms with Crippen LogP contribution in [0.3, 0.4) is 0 Å². The molecule has 5 aliphatic heterocycles. The van der Waals surface area contributed by atoms with Crippen molar-refractivity contribution in [3.63, 3.8) is 0 Å². The van der Waals surface area contributed by atoms with Gasteiger partial charge in [0.15, 0.2) is 0 Å². The molecule has 0 radical (unpaired) electrons. The number of carbonyl (C=O) groups excluding carboxylic acids is 7. The van der Waals surface area contributed by atoms with Crippen LogP contribution in [0.5, 0.6) is 5.75 Å². The summed E-state index contributed by atoms with van der Waals surface area (Å²) in [5.41, 5.74) is 1.73. The van der Waals surface area contributed by atoms with Gasteiger partial charge < -0.3 is 26.0 Å². The Morgan fingerprint density at radius 3 is 2.51 bits per heavy atom. The topological polar surface area (TPSA) is 242 Å². The Balaban J connectivity index is 0.783. The van der Waals surface area contributed by atoms with E-state index in [4.69, 9.17) is 4.74 Å². The lowest BCUT2D eigenvalue weighted by atomic mass is 9.79. The van der Waals surface area contributed by atoms with E-state index in [9.17, 15) is 42.0 Å². The van der Waals surface area contributed by atoms with Crippen LogP contribution in [-0.2, 0) is 34.0 Å². The summed E-state index contributed by atoms with van der Waals surface area (Å²) in [6.45, 7) is 1.36. The molecule has 8 rings (SSSR count). The molecule has 6 N–H and O–H groups in total. The molecule has 6 aliphatic rings. The Morgan fingerprint density at radius 2 is 1.75 bits per heavy atom. The summed E-state index contributed by atoms with van der Waals surface area (Å²) in [5.74, 6) is -2.18. The van der Waals surface area contributed by atoms with Crippen molar-refractivity contribution < 1.29 is 46.7 Å². The van der Waals surface area contributed by atoms with E-state index >= 15 is 0 Å². The first kappa shape index (κ1) is 42.8. The number of rotatable bonds is 14. The monoisotopic (exact) mass is 878 g/mol. The molecule has 20 heteroatoms. The van der Waals surface area contributed by atoms with Gasteiger partial charge in [-0.3, -0.25) is 49.1 Å². The van der Waals surface area contributed by atoms with Crippen LogP contribution in [0.15, 0.2) is 42.5 Å². The van der Waals surface area contributed by atoms with E-state index in [1.807, 2.05) is 6.07 Å². The minimum Gasteiger partial charge on any atom is -0.492 e. The summed E-state index contributed by atoms with van der Waals surface area (Å²) in [6, 6.07) is 11.9. The Hall–Kier alpha value is -4.89. The summed E-state index contributed by atoms with van der Waals surface area (Å²) in [7, 11) is -3.36. The van der Waals surface area contributed by atoms with Crippen molar-refractivity contribution in [2.45, 2.75) is 74.5 Å². The number of nitrogens with zero attached hydrogens (tertiary/aromatic N) is 2. The van der Waals surface area contributed by atoms with Crippen LogP contribution in [0.1, 0.15) is 88.7 Å². The van der Waals surface area contributed by atoms with Gasteiger partial charge in [0.2, 0.25) is 39.6 Å². The maximum atomic E-state index is 13.6. The van der Waals surface area contributed by atoms with E-state index in [1.54, 1.807) is 17.8 Å². The summed E-state index contributed by atoms with van der Waals surface area (Å²) >= 11 is 1.57. The Labute approximate surface area is 357 Å². The van der Waals surface area contributed by atoms with Crippen LogP contribution in [0.4, 0.5) is 0 Å². The van der Waals surface area contributed by atoms with Crippen molar-refractivity contribution in [2.24, 2.45) is 11.3 Å². The van der Waals surface area contributed by atoms with E-state index in [1.165, 1.54) is 22.0 Å². The predicted octanol–water partition coefficient (Wildman–Crippen LogP) is 0.0738. The van der Waals surface area contributed by atoms with Gasteiger partial charge in [-0.1, -0.05) is 24.3 Å². The molecular formula is C41H50N8O10S2. The molecule has 5 fully saturated rings. The summed E-state index contributed by atoms with van der Waals surface area (Å²) in [5, 5.41) is 17.9. The molecule has 6 unspecified atom stereocenters. The van der Waals surface area contributed by atoms with E-state index in [0.29, 0.717) is 18.7 Å². The number of thioether (sulfide) groups is 1. The maximum absolute atomic E-state index is 13.6. The van der Waals surface area contributed by atoms with Gasteiger partial charge >= 0.3 is 0 Å². The summed E-state index contributed by atoms with van der Waals surface area (Å²) in [4.78, 5) is 90.0. The molecule has 7 amide bonds. The SMILES string of the molecule is CS(=O)(=O)N1CCC(C(=O)NCC(=O)NC2NC(c3cccc(C4CCNC(C5(C(=O)NCCOc6ccc7c(c6)C(=O)N(C6CCC(=O)NC6=O)C7=O)CC5)C4)c3)CS2)C1. The zero-order chi connectivity index (χ0) is 43.1. The lowest BCUT2D eigenvalue weighted by molar-refractivity contribution is -0.136. The third-order valence-corrected chi connectivity index (χ3v) is 15.0. The van der Waals surface area contributed by atoms with E-state index in [-0.39, 0.29) is 91.4 Å². The minimum absolute atomic E-state index is 0.00194. The molecule has 2 aromatic rings. The number of amides is 7. The van der Waals surface area contributed by atoms with Gasteiger partial charge in [-0.25, -0.2) is 12.7 Å². The Kier molecular flexibility index (Phi) is 12.3. The number of hydrogen-bond donors (Lipinski definition) is 6. The highest BCUT2D eigenvalue weighted by atomic mass is 32.2. The first-order chi connectivity index (χ1) is 29.2. The highest BCUT2D eigenvalue weighted by Gasteiger charge is 2.56. The second-order valence-corrected chi connectivity index (χ2v) is 19.8. The van der Waals surface area contributed by atoms with E-state index < -0.39 is 51.0 Å². The van der Waals surface area contributed by atoms with Crippen molar-refractivity contribution in [1.82, 2.24) is 41.1 Å². The fraction of sp³-hybridized carbons (Fsp3) is 0.537. The summed E-state index contributed by atoms with van der Waals surface area (Å²) < 4.78 is 30.7. The number of piperidine rings is 2. The standard InChI is InChI=1S/C41H50N8O10S2/c1-61(57,58)48-15-10-26(21-48)35(52)44-20-34(51)47-40-45-30(22-60-40)25-4-2-3-23(17-25)24-9-13-42-32(18-24)41(11-12-41)39(56)43-14-16-59-27-5-6-28-29(19-27)38(55)49(37(28)54)31-7-8-33(50)46-36(31)53/h2-6,17,19,24,26,30-32,40,42,45H,7-16,18,20-22H2,1H3,(H,43,56)(H,44,52)(H,47,51)(H,46,50,53). The highest BCUT2D eigenvalue weighted by Crippen LogP contribution is 2.52. The van der Waals surface area contributed by atoms with Gasteiger partial charge in [0.05, 0.1) is 41.8 Å². The quantitative estimate of drug-likeness (QED) is 0.109. The average Bonchev–Trinajstić information content (AvgIpc) is 3.53. The van der Waals surface area contributed by atoms with E-state index in [0.717, 1.165) is 54.7 Å². The van der Waals surface area contributed by atoms with Crippen LogP contribution in [0.25, 0.3) is 0 Å². The first-order valence-corrected chi connectivity index (χ1v) is 23.6. The van der Waals surface area contributed by atoms with Gasteiger partial charge in [-0.05, 0) is 80.3 Å². The molecule has 6 atom stereocenters. The molecule has 0 bridgehead atoms. The number of nitrogens with one attached hydrogen (secondary N) is 6. The lowest BCUT2D eigenvalue weighted by Crippen LogP contribution is -2.54. The molecule has 5 heterocycles. The third kappa shape index (κ3) is 9.18. The zero-order valence-electron chi connectivity index (χ0n) is 33.7. The van der Waals surface area contributed by atoms with Gasteiger partial charge in [-0.15, -0.1) is 11.8 Å². The lowest BCUT2D eigenvalue weighted by Gasteiger charge is -2.35. The van der Waals surface area contributed by atoms with E-state index in [2.05, 4.69) is 50.1 Å². The third-order valence-electron chi connectivity index (χ3n) is 12.7. The Bertz CT molecular complexity index is 2250. The van der Waals surface area contributed by atoms with Crippen molar-refractivity contribution in [3.05, 3.63) is 64.7 Å². The number of imide groups is 2. The van der Waals surface area contributed by atoms with Gasteiger partial charge in [0.25, 0.3) is 11.8 Å².